The van der Waals surface area contributed by atoms with E-state index in [9.17, 15) is 4.79 Å². The van der Waals surface area contributed by atoms with E-state index < -0.39 is 0 Å². The minimum Gasteiger partial charge on any atom is -0.313 e. The van der Waals surface area contributed by atoms with Gasteiger partial charge in [0.05, 0.1) is 5.88 Å². The maximum Gasteiger partial charge on any atom is 0.255 e. The molecule has 0 amide bonds. The van der Waals surface area contributed by atoms with Gasteiger partial charge in [-0.05, 0) is 37.8 Å². The lowest BCUT2D eigenvalue weighted by Gasteiger charge is -2.14. The van der Waals surface area contributed by atoms with Crippen molar-refractivity contribution in [1.82, 2.24) is 4.57 Å². The van der Waals surface area contributed by atoms with Crippen molar-refractivity contribution in [3.63, 3.8) is 0 Å². The van der Waals surface area contributed by atoms with E-state index in [4.69, 9.17) is 11.6 Å². The molecule has 0 fully saturated rings. The molecule has 1 rings (SSSR count). The van der Waals surface area contributed by atoms with E-state index in [2.05, 4.69) is 13.8 Å². The average molecular weight is 242 g/mol. The molecular weight excluding hydrogens is 222 g/mol. The Bertz CT molecular complexity index is 421. The number of nitrogens with zero attached hydrogens (tertiary/aromatic N) is 1. The van der Waals surface area contributed by atoms with Crippen molar-refractivity contribution in [2.45, 2.75) is 46.5 Å². The molecular formula is C13H20ClNO. The third-order valence-corrected chi connectivity index (χ3v) is 3.16. The van der Waals surface area contributed by atoms with Crippen LogP contribution in [0.15, 0.2) is 10.9 Å². The standard InChI is InChI=1S/C13H20ClNO/c1-9(2)5-6-15-11(4)7-10(3)12(8-14)13(15)16/h7,9H,5-6,8H2,1-4H3. The fraction of sp³-hybridized carbons (Fsp3) is 0.615. The number of halogens is 1. The van der Waals surface area contributed by atoms with Gasteiger partial charge in [0.1, 0.15) is 0 Å². The van der Waals surface area contributed by atoms with Crippen molar-refractivity contribution in [3.05, 3.63) is 33.2 Å². The van der Waals surface area contributed by atoms with E-state index in [0.717, 1.165) is 29.8 Å². The van der Waals surface area contributed by atoms with Gasteiger partial charge in [-0.15, -0.1) is 11.6 Å². The van der Waals surface area contributed by atoms with Crippen molar-refractivity contribution >= 4 is 11.6 Å². The zero-order valence-electron chi connectivity index (χ0n) is 10.5. The Labute approximate surface area is 102 Å². The summed E-state index contributed by atoms with van der Waals surface area (Å²) in [6.45, 7) is 9.03. The van der Waals surface area contributed by atoms with Crippen molar-refractivity contribution in [2.75, 3.05) is 0 Å². The first-order valence-corrected chi connectivity index (χ1v) is 6.26. The topological polar surface area (TPSA) is 22.0 Å². The molecule has 0 radical (unpaired) electrons. The summed E-state index contributed by atoms with van der Waals surface area (Å²) >= 11 is 5.81. The molecule has 0 unspecified atom stereocenters. The minimum absolute atomic E-state index is 0.0770. The van der Waals surface area contributed by atoms with E-state index in [0.29, 0.717) is 11.8 Å². The highest BCUT2D eigenvalue weighted by Crippen LogP contribution is 2.10. The van der Waals surface area contributed by atoms with E-state index in [1.54, 1.807) is 0 Å². The predicted octanol–water partition coefficient (Wildman–Crippen LogP) is 3.25. The molecule has 0 spiro atoms. The maximum atomic E-state index is 12.1. The molecule has 16 heavy (non-hydrogen) atoms. The second kappa shape index (κ2) is 5.53. The lowest BCUT2D eigenvalue weighted by atomic mass is 10.1. The molecule has 0 aliphatic rings. The van der Waals surface area contributed by atoms with Gasteiger partial charge >= 0.3 is 0 Å². The molecule has 90 valence electrons. The third kappa shape index (κ3) is 2.88. The van der Waals surface area contributed by atoms with Crippen LogP contribution in [0, 0.1) is 19.8 Å². The number of alkyl halides is 1. The van der Waals surface area contributed by atoms with Crippen LogP contribution in [0.25, 0.3) is 0 Å². The number of aromatic nitrogens is 1. The van der Waals surface area contributed by atoms with Crippen LogP contribution in [0.4, 0.5) is 0 Å². The van der Waals surface area contributed by atoms with Gasteiger partial charge in [-0.1, -0.05) is 13.8 Å². The lowest BCUT2D eigenvalue weighted by molar-refractivity contribution is 0.500. The Hall–Kier alpha value is -0.760. The molecule has 0 aliphatic heterocycles. The number of rotatable bonds is 4. The first-order valence-electron chi connectivity index (χ1n) is 5.73. The van der Waals surface area contributed by atoms with Gasteiger partial charge in [-0.25, -0.2) is 0 Å². The highest BCUT2D eigenvalue weighted by Gasteiger charge is 2.09. The van der Waals surface area contributed by atoms with Crippen LogP contribution in [0.5, 0.6) is 0 Å². The van der Waals surface area contributed by atoms with Gasteiger partial charge in [0.15, 0.2) is 0 Å². The van der Waals surface area contributed by atoms with Crippen LogP contribution in [-0.2, 0) is 12.4 Å². The summed E-state index contributed by atoms with van der Waals surface area (Å²) in [4.78, 5) is 12.1. The molecule has 0 aliphatic carbocycles. The Morgan fingerprint density at radius 2 is 2.00 bits per heavy atom. The molecule has 0 aromatic carbocycles. The largest absolute Gasteiger partial charge is 0.313 e. The molecule has 0 saturated heterocycles. The quantitative estimate of drug-likeness (QED) is 0.742. The summed E-state index contributed by atoms with van der Waals surface area (Å²) in [5, 5.41) is 0. The summed E-state index contributed by atoms with van der Waals surface area (Å²) in [7, 11) is 0. The van der Waals surface area contributed by atoms with Crippen molar-refractivity contribution in [2.24, 2.45) is 5.92 Å². The van der Waals surface area contributed by atoms with Gasteiger partial charge in [-0.3, -0.25) is 4.79 Å². The van der Waals surface area contributed by atoms with E-state index in [1.807, 2.05) is 24.5 Å². The van der Waals surface area contributed by atoms with Crippen molar-refractivity contribution in [3.8, 4) is 0 Å². The summed E-state index contributed by atoms with van der Waals surface area (Å²) in [6.07, 6.45) is 1.02. The minimum atomic E-state index is 0.0770. The SMILES string of the molecule is Cc1cc(C)n(CCC(C)C)c(=O)c1CCl. The molecule has 0 N–H and O–H groups in total. The smallest absolute Gasteiger partial charge is 0.255 e. The summed E-state index contributed by atoms with van der Waals surface area (Å²) in [5.41, 5.74) is 2.83. The van der Waals surface area contributed by atoms with E-state index in [-0.39, 0.29) is 5.56 Å². The predicted molar refractivity (Wildman–Crippen MR) is 69.2 cm³/mol. The molecule has 0 atom stereocenters. The highest BCUT2D eigenvalue weighted by molar-refractivity contribution is 6.17. The van der Waals surface area contributed by atoms with Crippen molar-refractivity contribution < 1.29 is 0 Å². The second-order valence-electron chi connectivity index (χ2n) is 4.72. The number of aryl methyl sites for hydroxylation is 2. The van der Waals surface area contributed by atoms with Gasteiger partial charge in [0, 0.05) is 17.8 Å². The lowest BCUT2D eigenvalue weighted by Crippen LogP contribution is -2.26. The highest BCUT2D eigenvalue weighted by atomic mass is 35.5. The number of hydrogen-bond acceptors (Lipinski definition) is 1. The van der Waals surface area contributed by atoms with Crippen LogP contribution in [0.2, 0.25) is 0 Å². The van der Waals surface area contributed by atoms with Gasteiger partial charge in [-0.2, -0.15) is 0 Å². The molecule has 0 bridgehead atoms. The Kier molecular flexibility index (Phi) is 4.60. The molecule has 1 aromatic heterocycles. The average Bonchev–Trinajstić information content (AvgIpc) is 2.16. The van der Waals surface area contributed by atoms with Gasteiger partial charge in [0.2, 0.25) is 0 Å². The summed E-state index contributed by atoms with van der Waals surface area (Å²) in [5.74, 6) is 0.902. The molecule has 1 heterocycles. The molecule has 2 nitrogen and oxygen atoms in total. The summed E-state index contributed by atoms with van der Waals surface area (Å²) < 4.78 is 1.84. The first-order chi connectivity index (χ1) is 7.47. The van der Waals surface area contributed by atoms with Gasteiger partial charge in [0.25, 0.3) is 5.56 Å². The van der Waals surface area contributed by atoms with Crippen LogP contribution in [-0.4, -0.2) is 4.57 Å². The van der Waals surface area contributed by atoms with Crippen molar-refractivity contribution in [1.29, 1.82) is 0 Å². The second-order valence-corrected chi connectivity index (χ2v) is 4.99. The molecule has 3 heteroatoms. The number of hydrogen-bond donors (Lipinski definition) is 0. The van der Waals surface area contributed by atoms with Gasteiger partial charge < -0.3 is 4.57 Å². The maximum absolute atomic E-state index is 12.1. The van der Waals surface area contributed by atoms with E-state index >= 15 is 0 Å². The van der Waals surface area contributed by atoms with Crippen LogP contribution >= 0.6 is 11.6 Å². The normalized spacial score (nSPS) is 11.1. The Balaban J connectivity index is 3.13. The fourth-order valence-electron chi connectivity index (χ4n) is 1.80. The number of pyridine rings is 1. The van der Waals surface area contributed by atoms with Crippen LogP contribution < -0.4 is 5.56 Å². The first kappa shape index (κ1) is 13.3. The Morgan fingerprint density at radius 1 is 1.38 bits per heavy atom. The fourth-order valence-corrected chi connectivity index (χ4v) is 2.12. The van der Waals surface area contributed by atoms with Crippen LogP contribution in [0.3, 0.4) is 0 Å². The molecule has 1 aromatic rings. The Morgan fingerprint density at radius 3 is 2.50 bits per heavy atom. The van der Waals surface area contributed by atoms with Crippen LogP contribution in [0.1, 0.15) is 37.1 Å². The zero-order valence-corrected chi connectivity index (χ0v) is 11.3. The van der Waals surface area contributed by atoms with E-state index in [1.165, 1.54) is 0 Å². The molecule has 0 saturated carbocycles. The third-order valence-electron chi connectivity index (χ3n) is 2.89. The summed E-state index contributed by atoms with van der Waals surface area (Å²) in [6, 6.07) is 2.04. The zero-order chi connectivity index (χ0) is 12.3. The monoisotopic (exact) mass is 241 g/mol.